The zero-order chi connectivity index (χ0) is 14.8. The Balaban J connectivity index is 1.79. The fourth-order valence-electron chi connectivity index (χ4n) is 2.01. The summed E-state index contributed by atoms with van der Waals surface area (Å²) >= 11 is 0. The van der Waals surface area contributed by atoms with E-state index in [-0.39, 0.29) is 11.7 Å². The van der Waals surface area contributed by atoms with Crippen molar-refractivity contribution in [3.05, 3.63) is 29.8 Å². The first kappa shape index (κ1) is 13.4. The molecule has 7 nitrogen and oxygen atoms in total. The smallest absolute Gasteiger partial charge is 0.295 e. The minimum atomic E-state index is -0.385. The van der Waals surface area contributed by atoms with E-state index in [1.165, 1.54) is 7.11 Å². The van der Waals surface area contributed by atoms with Crippen LogP contribution < -0.4 is 14.8 Å². The van der Waals surface area contributed by atoms with Gasteiger partial charge in [0.25, 0.3) is 5.91 Å². The molecule has 21 heavy (non-hydrogen) atoms. The van der Waals surface area contributed by atoms with Gasteiger partial charge in [0, 0.05) is 12.0 Å². The molecule has 1 aromatic carbocycles. The molecule has 1 aromatic heterocycles. The van der Waals surface area contributed by atoms with Crippen LogP contribution in [0, 0.1) is 0 Å². The van der Waals surface area contributed by atoms with Crippen molar-refractivity contribution in [2.75, 3.05) is 19.5 Å². The number of hydrogen-bond acceptors (Lipinski definition) is 5. The van der Waals surface area contributed by atoms with E-state index in [1.54, 1.807) is 25.3 Å². The molecular weight excluding hydrogens is 272 g/mol. The number of methoxy groups -OCH3 is 2. The molecule has 2 N–H and O–H groups in total. The van der Waals surface area contributed by atoms with Crippen molar-refractivity contribution in [1.82, 2.24) is 15.2 Å². The number of aromatic nitrogens is 3. The topological polar surface area (TPSA) is 89.1 Å². The van der Waals surface area contributed by atoms with E-state index in [1.807, 2.05) is 0 Å². The van der Waals surface area contributed by atoms with Crippen molar-refractivity contribution in [2.45, 2.75) is 18.8 Å². The molecule has 0 unspecified atom stereocenters. The quantitative estimate of drug-likeness (QED) is 0.877. The molecule has 0 atom stereocenters. The van der Waals surface area contributed by atoms with Crippen LogP contribution in [0.3, 0.4) is 0 Å². The highest BCUT2D eigenvalue weighted by atomic mass is 16.5. The summed E-state index contributed by atoms with van der Waals surface area (Å²) in [6.07, 6.45) is 2.19. The zero-order valence-electron chi connectivity index (χ0n) is 11.8. The third-order valence-corrected chi connectivity index (χ3v) is 3.32. The number of nitrogens with zero attached hydrogens (tertiary/aromatic N) is 2. The minimum absolute atomic E-state index is 0.127. The van der Waals surface area contributed by atoms with Crippen LogP contribution in [0.2, 0.25) is 0 Å². The number of benzene rings is 1. The Labute approximate surface area is 121 Å². The summed E-state index contributed by atoms with van der Waals surface area (Å²) in [5.41, 5.74) is 0.514. The first-order valence-corrected chi connectivity index (χ1v) is 6.67. The number of nitrogens with one attached hydrogen (secondary N) is 2. The molecule has 2 aromatic rings. The molecule has 0 saturated heterocycles. The van der Waals surface area contributed by atoms with Gasteiger partial charge >= 0.3 is 0 Å². The van der Waals surface area contributed by atoms with Gasteiger partial charge in [-0.1, -0.05) is 0 Å². The van der Waals surface area contributed by atoms with Gasteiger partial charge in [-0.15, -0.1) is 5.10 Å². The van der Waals surface area contributed by atoms with Gasteiger partial charge in [0.1, 0.15) is 17.3 Å². The van der Waals surface area contributed by atoms with E-state index >= 15 is 0 Å². The Morgan fingerprint density at radius 1 is 1.33 bits per heavy atom. The van der Waals surface area contributed by atoms with Gasteiger partial charge in [-0.25, -0.2) is 4.98 Å². The van der Waals surface area contributed by atoms with Gasteiger partial charge in [-0.3, -0.25) is 9.89 Å². The molecule has 110 valence electrons. The number of anilines is 1. The second kappa shape index (κ2) is 5.43. The van der Waals surface area contributed by atoms with Crippen LogP contribution in [0.1, 0.15) is 35.2 Å². The third-order valence-electron chi connectivity index (χ3n) is 3.32. The maximum absolute atomic E-state index is 12.2. The summed E-state index contributed by atoms with van der Waals surface area (Å²) in [6.45, 7) is 0. The van der Waals surface area contributed by atoms with Crippen LogP contribution in [0.5, 0.6) is 11.5 Å². The average molecular weight is 288 g/mol. The molecule has 7 heteroatoms. The molecule has 3 rings (SSSR count). The fourth-order valence-corrected chi connectivity index (χ4v) is 2.01. The highest BCUT2D eigenvalue weighted by Gasteiger charge is 2.28. The van der Waals surface area contributed by atoms with Gasteiger partial charge < -0.3 is 14.8 Å². The lowest BCUT2D eigenvalue weighted by Crippen LogP contribution is -2.14. The summed E-state index contributed by atoms with van der Waals surface area (Å²) in [6, 6.07) is 5.17. The predicted molar refractivity (Wildman–Crippen MR) is 75.9 cm³/mol. The zero-order valence-corrected chi connectivity index (χ0v) is 11.8. The lowest BCUT2D eigenvalue weighted by molar-refractivity contribution is 0.101. The normalized spacial score (nSPS) is 13.8. The van der Waals surface area contributed by atoms with E-state index < -0.39 is 0 Å². The molecule has 1 amide bonds. The molecule has 1 fully saturated rings. The number of carbonyl (C=O) groups is 1. The molecule has 1 aliphatic carbocycles. The van der Waals surface area contributed by atoms with Crippen molar-refractivity contribution < 1.29 is 14.3 Å². The lowest BCUT2D eigenvalue weighted by atomic mass is 10.2. The largest absolute Gasteiger partial charge is 0.497 e. The fraction of sp³-hybridized carbons (Fsp3) is 0.357. The van der Waals surface area contributed by atoms with E-state index in [2.05, 4.69) is 20.5 Å². The second-order valence-electron chi connectivity index (χ2n) is 4.84. The highest BCUT2D eigenvalue weighted by Crippen LogP contribution is 2.37. The Hall–Kier alpha value is -2.57. The minimum Gasteiger partial charge on any atom is -0.497 e. The molecule has 1 saturated carbocycles. The number of hydrogen-bond donors (Lipinski definition) is 2. The Morgan fingerprint density at radius 3 is 2.81 bits per heavy atom. The Bertz CT molecular complexity index is 664. The first-order chi connectivity index (χ1) is 10.2. The van der Waals surface area contributed by atoms with E-state index in [9.17, 15) is 4.79 Å². The SMILES string of the molecule is COc1ccc(OC)c(NC(=O)c2n[nH]c(C3CC3)n2)c1. The summed E-state index contributed by atoms with van der Waals surface area (Å²) in [4.78, 5) is 16.4. The van der Waals surface area contributed by atoms with Crippen molar-refractivity contribution >= 4 is 11.6 Å². The Kier molecular flexibility index (Phi) is 3.47. The number of H-pyrrole nitrogens is 1. The van der Waals surface area contributed by atoms with Crippen LogP contribution in [-0.4, -0.2) is 35.3 Å². The summed E-state index contributed by atoms with van der Waals surface area (Å²) in [5, 5.41) is 9.50. The van der Waals surface area contributed by atoms with Gasteiger partial charge in [0.05, 0.1) is 19.9 Å². The average Bonchev–Trinajstić information content (AvgIpc) is 3.24. The van der Waals surface area contributed by atoms with Crippen molar-refractivity contribution in [3.8, 4) is 11.5 Å². The van der Waals surface area contributed by atoms with Crippen LogP contribution in [0.15, 0.2) is 18.2 Å². The van der Waals surface area contributed by atoms with Crippen LogP contribution in [0.25, 0.3) is 0 Å². The summed E-state index contributed by atoms with van der Waals surface area (Å²) in [5.74, 6) is 2.11. The molecule has 1 aliphatic rings. The number of carbonyl (C=O) groups excluding carboxylic acids is 1. The summed E-state index contributed by atoms with van der Waals surface area (Å²) < 4.78 is 10.4. The molecule has 1 heterocycles. The maximum atomic E-state index is 12.2. The summed E-state index contributed by atoms with van der Waals surface area (Å²) in [7, 11) is 3.10. The van der Waals surface area contributed by atoms with E-state index in [4.69, 9.17) is 9.47 Å². The number of rotatable bonds is 5. The molecule has 0 spiro atoms. The van der Waals surface area contributed by atoms with Crippen LogP contribution in [0.4, 0.5) is 5.69 Å². The first-order valence-electron chi connectivity index (χ1n) is 6.67. The lowest BCUT2D eigenvalue weighted by Gasteiger charge is -2.10. The van der Waals surface area contributed by atoms with Crippen LogP contribution >= 0.6 is 0 Å². The van der Waals surface area contributed by atoms with Crippen molar-refractivity contribution in [3.63, 3.8) is 0 Å². The third kappa shape index (κ3) is 2.81. The second-order valence-corrected chi connectivity index (χ2v) is 4.84. The van der Waals surface area contributed by atoms with Crippen LogP contribution in [-0.2, 0) is 0 Å². The standard InChI is InChI=1S/C14H16N4O3/c1-20-9-5-6-11(21-2)10(7-9)15-14(19)13-16-12(17-18-13)8-3-4-8/h5-8H,3-4H2,1-2H3,(H,15,19)(H,16,17,18). The number of amides is 1. The Morgan fingerprint density at radius 2 is 2.14 bits per heavy atom. The predicted octanol–water partition coefficient (Wildman–Crippen LogP) is 1.95. The van der Waals surface area contributed by atoms with E-state index in [0.29, 0.717) is 23.1 Å². The maximum Gasteiger partial charge on any atom is 0.295 e. The van der Waals surface area contributed by atoms with Gasteiger partial charge in [-0.05, 0) is 25.0 Å². The van der Waals surface area contributed by atoms with Gasteiger partial charge in [-0.2, -0.15) is 0 Å². The monoisotopic (exact) mass is 288 g/mol. The molecular formula is C14H16N4O3. The van der Waals surface area contributed by atoms with Gasteiger partial charge in [0.2, 0.25) is 5.82 Å². The highest BCUT2D eigenvalue weighted by molar-refractivity contribution is 6.02. The van der Waals surface area contributed by atoms with Crippen molar-refractivity contribution in [1.29, 1.82) is 0 Å². The van der Waals surface area contributed by atoms with E-state index in [0.717, 1.165) is 18.7 Å². The van der Waals surface area contributed by atoms with Crippen molar-refractivity contribution in [2.24, 2.45) is 0 Å². The number of ether oxygens (including phenoxy) is 2. The molecule has 0 aliphatic heterocycles. The molecule has 0 bridgehead atoms. The molecule has 0 radical (unpaired) electrons. The number of aromatic amines is 1. The van der Waals surface area contributed by atoms with Gasteiger partial charge in [0.15, 0.2) is 0 Å².